The van der Waals surface area contributed by atoms with Gasteiger partial charge >= 0.3 is 5.97 Å². The number of nitrogens with zero attached hydrogens (tertiary/aromatic N) is 1. The lowest BCUT2D eigenvalue weighted by molar-refractivity contribution is 0.0600. The van der Waals surface area contributed by atoms with Gasteiger partial charge in [0.05, 0.1) is 29.9 Å². The minimum absolute atomic E-state index is 0.136. The third kappa shape index (κ3) is 3.68. The van der Waals surface area contributed by atoms with E-state index in [1.54, 1.807) is 30.3 Å². The van der Waals surface area contributed by atoms with Crippen molar-refractivity contribution in [3.8, 4) is 5.75 Å². The molecule has 24 heavy (non-hydrogen) atoms. The van der Waals surface area contributed by atoms with E-state index in [1.165, 1.54) is 32.4 Å². The highest BCUT2D eigenvalue weighted by molar-refractivity contribution is 7.92. The van der Waals surface area contributed by atoms with Crippen molar-refractivity contribution in [1.29, 1.82) is 0 Å². The molecule has 0 amide bonds. The number of esters is 1. The van der Waals surface area contributed by atoms with Gasteiger partial charge in [0.2, 0.25) is 0 Å². The van der Waals surface area contributed by atoms with E-state index in [0.717, 1.165) is 4.31 Å². The highest BCUT2D eigenvalue weighted by Crippen LogP contribution is 2.24. The highest BCUT2D eigenvalue weighted by atomic mass is 32.2. The van der Waals surface area contributed by atoms with Crippen molar-refractivity contribution in [3.63, 3.8) is 0 Å². The van der Waals surface area contributed by atoms with Crippen LogP contribution in [-0.4, -0.2) is 35.2 Å². The number of anilines is 1. The van der Waals surface area contributed by atoms with Crippen LogP contribution in [0.3, 0.4) is 0 Å². The average Bonchev–Trinajstić information content (AvgIpc) is 2.61. The fraction of sp³-hybridized carbons (Fsp3) is 0.235. The molecule has 0 aromatic heterocycles. The second kappa shape index (κ2) is 7.35. The minimum atomic E-state index is -3.75. The fourth-order valence-corrected chi connectivity index (χ4v) is 3.31. The van der Waals surface area contributed by atoms with Gasteiger partial charge in [0, 0.05) is 7.05 Å². The predicted octanol–water partition coefficient (Wildman–Crippen LogP) is 2.70. The van der Waals surface area contributed by atoms with Crippen LogP contribution >= 0.6 is 0 Å². The van der Waals surface area contributed by atoms with Crippen LogP contribution in [0.4, 0.5) is 5.69 Å². The first-order chi connectivity index (χ1) is 11.4. The summed E-state index contributed by atoms with van der Waals surface area (Å²) < 4.78 is 36.5. The van der Waals surface area contributed by atoms with Crippen LogP contribution in [0.2, 0.25) is 0 Å². The first kappa shape index (κ1) is 17.8. The lowest BCUT2D eigenvalue weighted by Gasteiger charge is -2.20. The molecule has 0 bridgehead atoms. The summed E-state index contributed by atoms with van der Waals surface area (Å²) in [5.74, 6) is 0.0792. The molecule has 2 rings (SSSR count). The van der Waals surface area contributed by atoms with Crippen molar-refractivity contribution < 1.29 is 22.7 Å². The maximum atomic E-state index is 12.7. The highest BCUT2D eigenvalue weighted by Gasteiger charge is 2.22. The molecule has 0 N–H and O–H groups in total. The molecule has 128 valence electrons. The zero-order chi connectivity index (χ0) is 17.7. The molecule has 0 aliphatic carbocycles. The molecule has 0 aliphatic heterocycles. The third-order valence-electron chi connectivity index (χ3n) is 3.42. The monoisotopic (exact) mass is 349 g/mol. The molecule has 0 saturated heterocycles. The Morgan fingerprint density at radius 1 is 1.12 bits per heavy atom. The Morgan fingerprint density at radius 2 is 1.79 bits per heavy atom. The number of benzene rings is 2. The lowest BCUT2D eigenvalue weighted by Crippen LogP contribution is -2.26. The molecule has 2 aromatic carbocycles. The Morgan fingerprint density at radius 3 is 2.38 bits per heavy atom. The first-order valence-electron chi connectivity index (χ1n) is 7.30. The summed E-state index contributed by atoms with van der Waals surface area (Å²) in [6.07, 6.45) is 0. The number of methoxy groups -OCH3 is 1. The van der Waals surface area contributed by atoms with Crippen molar-refractivity contribution in [2.24, 2.45) is 0 Å². The summed E-state index contributed by atoms with van der Waals surface area (Å²) >= 11 is 0. The Hall–Kier alpha value is -2.54. The zero-order valence-electron chi connectivity index (χ0n) is 13.7. The smallest absolute Gasteiger partial charge is 0.337 e. The quantitative estimate of drug-likeness (QED) is 0.750. The number of sulfonamides is 1. The van der Waals surface area contributed by atoms with Crippen molar-refractivity contribution in [2.75, 3.05) is 25.1 Å². The van der Waals surface area contributed by atoms with Gasteiger partial charge < -0.3 is 9.47 Å². The third-order valence-corrected chi connectivity index (χ3v) is 5.22. The maximum absolute atomic E-state index is 12.7. The Balaban J connectivity index is 2.33. The summed E-state index contributed by atoms with van der Waals surface area (Å²) in [7, 11) is -1.04. The molecule has 0 aliphatic rings. The molecule has 0 heterocycles. The topological polar surface area (TPSA) is 72.9 Å². The van der Waals surface area contributed by atoms with Crippen molar-refractivity contribution in [2.45, 2.75) is 11.8 Å². The van der Waals surface area contributed by atoms with Gasteiger partial charge in [-0.05, 0) is 49.4 Å². The van der Waals surface area contributed by atoms with Gasteiger partial charge in [0.1, 0.15) is 5.75 Å². The first-order valence-corrected chi connectivity index (χ1v) is 8.74. The van der Waals surface area contributed by atoms with E-state index in [9.17, 15) is 13.2 Å². The number of carbonyl (C=O) groups is 1. The van der Waals surface area contributed by atoms with Crippen molar-refractivity contribution >= 4 is 21.7 Å². The molecule has 0 spiro atoms. The minimum Gasteiger partial charge on any atom is -0.494 e. The number of hydrogen-bond acceptors (Lipinski definition) is 5. The van der Waals surface area contributed by atoms with E-state index in [2.05, 4.69) is 4.74 Å². The van der Waals surface area contributed by atoms with Gasteiger partial charge in [-0.3, -0.25) is 4.31 Å². The van der Waals surface area contributed by atoms with E-state index >= 15 is 0 Å². The average molecular weight is 349 g/mol. The van der Waals surface area contributed by atoms with E-state index in [1.807, 2.05) is 6.92 Å². The van der Waals surface area contributed by atoms with Crippen LogP contribution < -0.4 is 9.04 Å². The lowest BCUT2D eigenvalue weighted by atomic mass is 10.2. The van der Waals surface area contributed by atoms with Gasteiger partial charge in [-0.15, -0.1) is 0 Å². The van der Waals surface area contributed by atoms with E-state index in [0.29, 0.717) is 18.0 Å². The standard InChI is InChI=1S/C17H19NO5S/c1-4-23-15-8-10-16(11-9-15)24(20,21)18(2)14-7-5-6-13(12-14)17(19)22-3/h5-12H,4H2,1-3H3. The normalized spacial score (nSPS) is 11.0. The number of hydrogen-bond donors (Lipinski definition) is 0. The summed E-state index contributed by atoms with van der Waals surface area (Å²) in [6, 6.07) is 12.4. The molecule has 7 heteroatoms. The van der Waals surface area contributed by atoms with Crippen LogP contribution in [0.5, 0.6) is 5.75 Å². The zero-order valence-corrected chi connectivity index (χ0v) is 14.5. The van der Waals surface area contributed by atoms with Crippen LogP contribution in [0.25, 0.3) is 0 Å². The molecule has 0 fully saturated rings. The Labute approximate surface area is 141 Å². The van der Waals surface area contributed by atoms with Crippen molar-refractivity contribution in [1.82, 2.24) is 0 Å². The summed E-state index contributed by atoms with van der Waals surface area (Å²) in [4.78, 5) is 11.7. The molecule has 2 aromatic rings. The molecule has 0 saturated carbocycles. The van der Waals surface area contributed by atoms with Crippen LogP contribution in [0.1, 0.15) is 17.3 Å². The van der Waals surface area contributed by atoms with E-state index in [4.69, 9.17) is 4.74 Å². The van der Waals surface area contributed by atoms with Crippen LogP contribution in [0.15, 0.2) is 53.4 Å². The molecular formula is C17H19NO5S. The summed E-state index contributed by atoms with van der Waals surface area (Å²) in [5, 5.41) is 0. The molecular weight excluding hydrogens is 330 g/mol. The molecule has 6 nitrogen and oxygen atoms in total. The molecule has 0 radical (unpaired) electrons. The predicted molar refractivity (Wildman–Crippen MR) is 91.0 cm³/mol. The van der Waals surface area contributed by atoms with Gasteiger partial charge in [-0.2, -0.15) is 0 Å². The van der Waals surface area contributed by atoms with Crippen LogP contribution in [-0.2, 0) is 14.8 Å². The van der Waals surface area contributed by atoms with Crippen LogP contribution in [0, 0.1) is 0 Å². The maximum Gasteiger partial charge on any atom is 0.337 e. The van der Waals surface area contributed by atoms with E-state index < -0.39 is 16.0 Å². The van der Waals surface area contributed by atoms with Crippen molar-refractivity contribution in [3.05, 3.63) is 54.1 Å². The Kier molecular flexibility index (Phi) is 5.46. The van der Waals surface area contributed by atoms with Gasteiger partial charge in [-0.1, -0.05) is 6.07 Å². The number of ether oxygens (including phenoxy) is 2. The Bertz CT molecular complexity index is 815. The molecule has 0 atom stereocenters. The molecule has 0 unspecified atom stereocenters. The van der Waals surface area contributed by atoms with Gasteiger partial charge in [0.25, 0.3) is 10.0 Å². The van der Waals surface area contributed by atoms with E-state index in [-0.39, 0.29) is 10.5 Å². The fourth-order valence-electron chi connectivity index (χ4n) is 2.12. The second-order valence-corrected chi connectivity index (χ2v) is 6.89. The number of carbonyl (C=O) groups excluding carboxylic acids is 1. The second-order valence-electron chi connectivity index (χ2n) is 4.92. The SMILES string of the molecule is CCOc1ccc(S(=O)(=O)N(C)c2cccc(C(=O)OC)c2)cc1. The summed E-state index contributed by atoms with van der Waals surface area (Å²) in [6.45, 7) is 2.36. The van der Waals surface area contributed by atoms with Gasteiger partial charge in [-0.25, -0.2) is 13.2 Å². The largest absolute Gasteiger partial charge is 0.494 e. The number of rotatable bonds is 6. The van der Waals surface area contributed by atoms with Gasteiger partial charge in [0.15, 0.2) is 0 Å². The summed E-state index contributed by atoms with van der Waals surface area (Å²) in [5.41, 5.74) is 0.649.